The van der Waals surface area contributed by atoms with Crippen LogP contribution in [-0.2, 0) is 0 Å². The zero-order valence-corrected chi connectivity index (χ0v) is 12.6. The molecule has 0 aromatic rings. The Labute approximate surface area is 115 Å². The molecule has 0 aromatic carbocycles. The van der Waals surface area contributed by atoms with Gasteiger partial charge in [0.15, 0.2) is 0 Å². The maximum Gasteiger partial charge on any atom is -0.0103 e. The van der Waals surface area contributed by atoms with E-state index in [9.17, 15) is 0 Å². The molecule has 0 saturated heterocycles. The molecule has 108 valence electrons. The van der Waals surface area contributed by atoms with E-state index in [-0.39, 0.29) is 0 Å². The largest absolute Gasteiger partial charge is 0.405 e. The van der Waals surface area contributed by atoms with Crippen LogP contribution >= 0.6 is 0 Å². The molecule has 0 aromatic heterocycles. The van der Waals surface area contributed by atoms with Gasteiger partial charge in [-0.2, -0.15) is 0 Å². The summed E-state index contributed by atoms with van der Waals surface area (Å²) in [6.07, 6.45) is 23.4. The van der Waals surface area contributed by atoms with Crippen LogP contribution in [0.25, 0.3) is 0 Å². The second-order valence-corrected chi connectivity index (χ2v) is 5.46. The van der Waals surface area contributed by atoms with E-state index < -0.39 is 0 Å². The Morgan fingerprint density at radius 3 is 1.39 bits per heavy atom. The van der Waals surface area contributed by atoms with Crippen molar-refractivity contribution >= 4 is 0 Å². The Balaban J connectivity index is 2.90. The van der Waals surface area contributed by atoms with E-state index in [0.29, 0.717) is 0 Å². The van der Waals surface area contributed by atoms with E-state index in [1.54, 1.807) is 6.20 Å². The summed E-state index contributed by atoms with van der Waals surface area (Å²) in [5.41, 5.74) is 5.30. The minimum Gasteiger partial charge on any atom is -0.405 e. The topological polar surface area (TPSA) is 26.0 Å². The van der Waals surface area contributed by atoms with Crippen LogP contribution in [0.2, 0.25) is 0 Å². The Bertz CT molecular complexity index is 163. The SMILES string of the molecule is CCCCCCCCCCCCCCCC=CN. The van der Waals surface area contributed by atoms with Crippen molar-refractivity contribution in [2.24, 2.45) is 5.73 Å². The van der Waals surface area contributed by atoms with Gasteiger partial charge in [-0.15, -0.1) is 0 Å². The van der Waals surface area contributed by atoms with Crippen LogP contribution in [0.1, 0.15) is 96.8 Å². The van der Waals surface area contributed by atoms with Crippen molar-refractivity contribution in [3.05, 3.63) is 12.3 Å². The molecule has 0 bridgehead atoms. The van der Waals surface area contributed by atoms with Crippen molar-refractivity contribution in [1.29, 1.82) is 0 Å². The molecular weight excluding hydrogens is 218 g/mol. The molecule has 0 atom stereocenters. The minimum absolute atomic E-state index is 1.16. The standard InChI is InChI=1S/C17H35N/c1-2-3-4-5-6-7-8-9-10-11-12-13-14-15-16-17-18/h16-17H,2-15,18H2,1H3. The summed E-state index contributed by atoms with van der Waals surface area (Å²) < 4.78 is 0. The number of allylic oxidation sites excluding steroid dienone is 1. The third-order valence-corrected chi connectivity index (χ3v) is 3.61. The van der Waals surface area contributed by atoms with E-state index in [1.807, 2.05) is 0 Å². The molecule has 0 unspecified atom stereocenters. The van der Waals surface area contributed by atoms with Crippen LogP contribution in [0.3, 0.4) is 0 Å². The fourth-order valence-electron chi connectivity index (χ4n) is 2.38. The molecule has 0 fully saturated rings. The first-order valence-corrected chi connectivity index (χ1v) is 8.28. The third-order valence-electron chi connectivity index (χ3n) is 3.61. The Hall–Kier alpha value is -0.460. The van der Waals surface area contributed by atoms with Gasteiger partial charge in [0.1, 0.15) is 0 Å². The number of unbranched alkanes of at least 4 members (excludes halogenated alkanes) is 13. The quantitative estimate of drug-likeness (QED) is 0.381. The second-order valence-electron chi connectivity index (χ2n) is 5.46. The zero-order chi connectivity index (χ0) is 13.3. The zero-order valence-electron chi connectivity index (χ0n) is 12.6. The first kappa shape index (κ1) is 17.5. The van der Waals surface area contributed by atoms with Crippen molar-refractivity contribution in [3.8, 4) is 0 Å². The first-order chi connectivity index (χ1) is 8.91. The average molecular weight is 253 g/mol. The number of nitrogens with two attached hydrogens (primary N) is 1. The fourth-order valence-corrected chi connectivity index (χ4v) is 2.38. The van der Waals surface area contributed by atoms with Crippen molar-refractivity contribution in [1.82, 2.24) is 0 Å². The van der Waals surface area contributed by atoms with Gasteiger partial charge in [0, 0.05) is 0 Å². The van der Waals surface area contributed by atoms with Crippen molar-refractivity contribution in [3.63, 3.8) is 0 Å². The Morgan fingerprint density at radius 1 is 0.611 bits per heavy atom. The summed E-state index contributed by atoms with van der Waals surface area (Å²) in [6.45, 7) is 2.28. The molecule has 0 aliphatic carbocycles. The van der Waals surface area contributed by atoms with Crippen LogP contribution in [0.4, 0.5) is 0 Å². The predicted octanol–water partition coefficient (Wildman–Crippen LogP) is 5.94. The molecule has 2 N–H and O–H groups in total. The molecule has 0 aliphatic rings. The summed E-state index contributed by atoms with van der Waals surface area (Å²) >= 11 is 0. The molecule has 0 saturated carbocycles. The van der Waals surface area contributed by atoms with E-state index in [4.69, 9.17) is 5.73 Å². The van der Waals surface area contributed by atoms with E-state index in [1.165, 1.54) is 83.5 Å². The van der Waals surface area contributed by atoms with Gasteiger partial charge in [0.2, 0.25) is 0 Å². The summed E-state index contributed by atoms with van der Waals surface area (Å²) in [4.78, 5) is 0. The van der Waals surface area contributed by atoms with Crippen LogP contribution in [0.15, 0.2) is 12.3 Å². The molecule has 0 aliphatic heterocycles. The molecule has 1 heteroatoms. The lowest BCUT2D eigenvalue weighted by Gasteiger charge is -2.02. The lowest BCUT2D eigenvalue weighted by molar-refractivity contribution is 0.540. The van der Waals surface area contributed by atoms with Gasteiger partial charge in [0.25, 0.3) is 0 Å². The molecule has 0 spiro atoms. The van der Waals surface area contributed by atoms with Crippen molar-refractivity contribution in [2.75, 3.05) is 0 Å². The minimum atomic E-state index is 1.16. The molecule has 1 nitrogen and oxygen atoms in total. The normalized spacial score (nSPS) is 11.4. The highest BCUT2D eigenvalue weighted by Gasteiger charge is 1.93. The monoisotopic (exact) mass is 253 g/mol. The van der Waals surface area contributed by atoms with Crippen LogP contribution in [0.5, 0.6) is 0 Å². The Morgan fingerprint density at radius 2 is 1.00 bits per heavy atom. The highest BCUT2D eigenvalue weighted by molar-refractivity contribution is 4.74. The summed E-state index contributed by atoms with van der Waals surface area (Å²) in [5.74, 6) is 0. The van der Waals surface area contributed by atoms with E-state index in [0.717, 1.165) is 6.42 Å². The molecular formula is C17H35N. The van der Waals surface area contributed by atoms with Gasteiger partial charge < -0.3 is 5.73 Å². The summed E-state index contributed by atoms with van der Waals surface area (Å²) in [6, 6.07) is 0. The first-order valence-electron chi connectivity index (χ1n) is 8.28. The molecule has 0 radical (unpaired) electrons. The van der Waals surface area contributed by atoms with Gasteiger partial charge in [-0.05, 0) is 19.0 Å². The van der Waals surface area contributed by atoms with Gasteiger partial charge >= 0.3 is 0 Å². The molecule has 0 amide bonds. The van der Waals surface area contributed by atoms with Crippen LogP contribution in [0, 0.1) is 0 Å². The van der Waals surface area contributed by atoms with Crippen molar-refractivity contribution < 1.29 is 0 Å². The van der Waals surface area contributed by atoms with Crippen molar-refractivity contribution in [2.45, 2.75) is 96.8 Å². The van der Waals surface area contributed by atoms with Gasteiger partial charge in [-0.1, -0.05) is 90.0 Å². The molecule has 18 heavy (non-hydrogen) atoms. The fraction of sp³-hybridized carbons (Fsp3) is 0.882. The molecule has 0 rings (SSSR count). The summed E-state index contributed by atoms with van der Waals surface area (Å²) in [5, 5.41) is 0. The van der Waals surface area contributed by atoms with Crippen LogP contribution in [-0.4, -0.2) is 0 Å². The number of hydrogen-bond acceptors (Lipinski definition) is 1. The number of hydrogen-bond donors (Lipinski definition) is 1. The maximum atomic E-state index is 5.30. The maximum absolute atomic E-state index is 5.30. The average Bonchev–Trinajstić information content (AvgIpc) is 2.39. The van der Waals surface area contributed by atoms with E-state index >= 15 is 0 Å². The number of rotatable bonds is 14. The summed E-state index contributed by atoms with van der Waals surface area (Å²) in [7, 11) is 0. The highest BCUT2D eigenvalue weighted by atomic mass is 14.5. The Kier molecular flexibility index (Phi) is 16.1. The van der Waals surface area contributed by atoms with Gasteiger partial charge in [-0.25, -0.2) is 0 Å². The lowest BCUT2D eigenvalue weighted by atomic mass is 10.0. The lowest BCUT2D eigenvalue weighted by Crippen LogP contribution is -1.83. The van der Waals surface area contributed by atoms with Crippen LogP contribution < -0.4 is 5.73 Å². The smallest absolute Gasteiger partial charge is 0.0103 e. The van der Waals surface area contributed by atoms with Gasteiger partial charge in [-0.3, -0.25) is 0 Å². The predicted molar refractivity (Wildman–Crippen MR) is 83.6 cm³/mol. The second kappa shape index (κ2) is 16.5. The van der Waals surface area contributed by atoms with Gasteiger partial charge in [0.05, 0.1) is 0 Å². The van der Waals surface area contributed by atoms with E-state index in [2.05, 4.69) is 13.0 Å². The molecule has 0 heterocycles. The third kappa shape index (κ3) is 15.5. The highest BCUT2D eigenvalue weighted by Crippen LogP contribution is 2.12.